The van der Waals surface area contributed by atoms with Crippen molar-refractivity contribution in [2.24, 2.45) is 16.0 Å². The van der Waals surface area contributed by atoms with Crippen molar-refractivity contribution in [3.05, 3.63) is 71.9 Å². The number of anilines is 1. The van der Waals surface area contributed by atoms with E-state index in [2.05, 4.69) is 14.1 Å². The first kappa shape index (κ1) is 23.6. The second-order valence-corrected chi connectivity index (χ2v) is 10.1. The number of rotatable bonds is 5. The second kappa shape index (κ2) is 9.50. The average Bonchev–Trinajstić information content (AvgIpc) is 2.86. The first-order valence-electron chi connectivity index (χ1n) is 11.5. The van der Waals surface area contributed by atoms with Crippen molar-refractivity contribution in [3.63, 3.8) is 0 Å². The van der Waals surface area contributed by atoms with Gasteiger partial charge in [-0.1, -0.05) is 18.2 Å². The fourth-order valence-electron chi connectivity index (χ4n) is 4.51. The van der Waals surface area contributed by atoms with Gasteiger partial charge in [-0.25, -0.2) is 0 Å². The highest BCUT2D eigenvalue weighted by Gasteiger charge is 2.28. The van der Waals surface area contributed by atoms with E-state index in [9.17, 15) is 18.3 Å². The number of aromatic nitrogens is 1. The van der Waals surface area contributed by atoms with Gasteiger partial charge >= 0.3 is 10.2 Å². The number of aromatic hydroxyl groups is 1. The number of nitrogens with two attached hydrogens (primary N) is 1. The van der Waals surface area contributed by atoms with Crippen molar-refractivity contribution in [3.8, 4) is 22.8 Å². The van der Waals surface area contributed by atoms with E-state index in [4.69, 9.17) is 10.5 Å². The number of likely N-dealkylation sites (tertiary alicyclic amines) is 1. The number of ether oxygens (including phenoxy) is 1. The van der Waals surface area contributed by atoms with Crippen molar-refractivity contribution in [1.29, 1.82) is 0 Å². The Bertz CT molecular complexity index is 1460. The largest absolute Gasteiger partial charge is 0.507 e. The Morgan fingerprint density at radius 3 is 2.86 bits per heavy atom. The van der Waals surface area contributed by atoms with Crippen LogP contribution in [0, 0.1) is 5.92 Å². The third kappa shape index (κ3) is 4.82. The summed E-state index contributed by atoms with van der Waals surface area (Å²) in [7, 11) is -3.87. The minimum Gasteiger partial charge on any atom is -0.507 e. The van der Waals surface area contributed by atoms with E-state index < -0.39 is 10.2 Å². The van der Waals surface area contributed by atoms with Crippen LogP contribution in [0.4, 0.5) is 5.69 Å². The predicted molar refractivity (Wildman–Crippen MR) is 135 cm³/mol. The molecular weight excluding hydrogens is 482 g/mol. The number of piperidine rings is 1. The minimum atomic E-state index is -3.87. The number of phenolic OH excluding ortho intramolecular Hbond substituents is 1. The number of fused-ring (bicyclic) bond motifs is 1. The molecule has 4 N–H and O–H groups in total. The number of benzene rings is 2. The normalized spacial score (nSPS) is 18.5. The van der Waals surface area contributed by atoms with E-state index in [1.807, 2.05) is 0 Å². The summed E-state index contributed by atoms with van der Waals surface area (Å²) >= 11 is 0. The predicted octanol–water partition coefficient (Wildman–Crippen LogP) is 2.76. The lowest BCUT2D eigenvalue weighted by atomic mass is 9.98. The molecule has 0 bridgehead atoms. The van der Waals surface area contributed by atoms with E-state index in [1.54, 1.807) is 65.7 Å². The number of hydrogen-bond acceptors (Lipinski definition) is 7. The quantitative estimate of drug-likeness (QED) is 0.481. The van der Waals surface area contributed by atoms with Gasteiger partial charge in [0.25, 0.3) is 5.91 Å². The topological polar surface area (TPSA) is 147 Å². The Morgan fingerprint density at radius 2 is 2.03 bits per heavy atom. The van der Waals surface area contributed by atoms with Crippen molar-refractivity contribution < 1.29 is 23.1 Å². The number of carbonyl (C=O) groups is 1. The van der Waals surface area contributed by atoms with Crippen LogP contribution < -0.4 is 15.2 Å². The number of nitrogens with zero attached hydrogens (tertiary/aromatic N) is 3. The van der Waals surface area contributed by atoms with Gasteiger partial charge in [0.15, 0.2) is 5.84 Å². The Morgan fingerprint density at radius 1 is 1.19 bits per heavy atom. The van der Waals surface area contributed by atoms with Crippen LogP contribution in [-0.4, -0.2) is 54.8 Å². The van der Waals surface area contributed by atoms with E-state index in [-0.39, 0.29) is 23.4 Å². The van der Waals surface area contributed by atoms with Crippen LogP contribution in [0.15, 0.2) is 65.2 Å². The van der Waals surface area contributed by atoms with Crippen molar-refractivity contribution >= 4 is 27.6 Å². The first-order chi connectivity index (χ1) is 17.3. The molecule has 11 heteroatoms. The summed E-state index contributed by atoms with van der Waals surface area (Å²) < 4.78 is 35.5. The van der Waals surface area contributed by atoms with Gasteiger partial charge in [0.2, 0.25) is 0 Å². The molecule has 1 unspecified atom stereocenters. The molecule has 36 heavy (non-hydrogen) atoms. The fraction of sp³-hybridized carbons (Fsp3) is 0.240. The number of hydrogen-bond donors (Lipinski definition) is 3. The highest BCUT2D eigenvalue weighted by molar-refractivity contribution is 7.91. The van der Waals surface area contributed by atoms with Crippen LogP contribution in [0.3, 0.4) is 0 Å². The van der Waals surface area contributed by atoms with Crippen molar-refractivity contribution in [2.75, 3.05) is 24.4 Å². The molecule has 186 valence electrons. The van der Waals surface area contributed by atoms with E-state index in [0.29, 0.717) is 53.5 Å². The third-order valence-electron chi connectivity index (χ3n) is 6.21. The molecule has 2 aromatic carbocycles. The van der Waals surface area contributed by atoms with Gasteiger partial charge < -0.3 is 20.5 Å². The number of amides is 1. The Hall–Kier alpha value is -4.12. The van der Waals surface area contributed by atoms with Crippen molar-refractivity contribution in [2.45, 2.75) is 12.8 Å². The zero-order valence-corrected chi connectivity index (χ0v) is 20.1. The maximum atomic E-state index is 13.3. The molecule has 2 aliphatic heterocycles. The molecule has 5 rings (SSSR count). The number of carbonyl (C=O) groups excluding carboxylic acids is 1. The maximum absolute atomic E-state index is 13.3. The summed E-state index contributed by atoms with van der Waals surface area (Å²) in [4.78, 5) is 19.4. The molecule has 1 fully saturated rings. The molecule has 1 saturated heterocycles. The number of pyridine rings is 1. The molecule has 1 amide bonds. The van der Waals surface area contributed by atoms with Gasteiger partial charge in [-0.2, -0.15) is 8.42 Å². The van der Waals surface area contributed by atoms with Gasteiger partial charge in [0.1, 0.15) is 11.5 Å². The standard InChI is InChI=1S/C25H25N5O5S/c26-24-23-19(28-36(33,34)29-24)7-3-9-22(23)35-15-16-5-4-12-30(14-16)25(32)17-10-11-27-20(13-17)18-6-1-2-8-21(18)31/h1-3,6-11,13,16,28,31H,4-5,12,14-15H2,(H2,26,29). The van der Waals surface area contributed by atoms with Gasteiger partial charge in [-0.15, -0.1) is 4.40 Å². The van der Waals surface area contributed by atoms with Crippen LogP contribution in [0.5, 0.6) is 11.5 Å². The van der Waals surface area contributed by atoms with Gasteiger partial charge in [0.05, 0.1) is 23.6 Å². The van der Waals surface area contributed by atoms with Gasteiger partial charge in [-0.05, 0) is 49.2 Å². The molecule has 0 saturated carbocycles. The third-order valence-corrected chi connectivity index (χ3v) is 7.12. The summed E-state index contributed by atoms with van der Waals surface area (Å²) in [5.41, 5.74) is 8.21. The number of amidine groups is 1. The lowest BCUT2D eigenvalue weighted by Gasteiger charge is -2.33. The molecule has 1 aromatic heterocycles. The zero-order chi connectivity index (χ0) is 25.3. The molecule has 3 heterocycles. The molecule has 2 aliphatic rings. The van der Waals surface area contributed by atoms with E-state index in [1.165, 1.54) is 0 Å². The maximum Gasteiger partial charge on any atom is 0.344 e. The zero-order valence-electron chi connectivity index (χ0n) is 19.3. The average molecular weight is 508 g/mol. The molecule has 1 atom stereocenters. The van der Waals surface area contributed by atoms with E-state index in [0.717, 1.165) is 12.8 Å². The Labute approximate surface area is 208 Å². The van der Waals surface area contributed by atoms with Crippen LogP contribution in [0.25, 0.3) is 11.3 Å². The smallest absolute Gasteiger partial charge is 0.344 e. The highest BCUT2D eigenvalue weighted by Crippen LogP contribution is 2.32. The fourth-order valence-corrected chi connectivity index (χ4v) is 5.36. The van der Waals surface area contributed by atoms with Gasteiger partial charge in [-0.3, -0.25) is 14.5 Å². The number of para-hydroxylation sites is 1. The Balaban J connectivity index is 1.28. The second-order valence-electron chi connectivity index (χ2n) is 8.75. The van der Waals surface area contributed by atoms with E-state index >= 15 is 0 Å². The molecule has 0 radical (unpaired) electrons. The molecule has 0 spiro atoms. The summed E-state index contributed by atoms with van der Waals surface area (Å²) in [6.07, 6.45) is 3.28. The van der Waals surface area contributed by atoms with Crippen LogP contribution >= 0.6 is 0 Å². The van der Waals surface area contributed by atoms with Crippen LogP contribution in [-0.2, 0) is 10.2 Å². The summed E-state index contributed by atoms with van der Waals surface area (Å²) in [6.45, 7) is 1.48. The molecule has 3 aromatic rings. The summed E-state index contributed by atoms with van der Waals surface area (Å²) in [6, 6.07) is 15.2. The van der Waals surface area contributed by atoms with Gasteiger partial charge in [0, 0.05) is 36.3 Å². The number of nitrogens with one attached hydrogen (secondary N) is 1. The summed E-state index contributed by atoms with van der Waals surface area (Å²) in [5.74, 6) is 0.378. The SMILES string of the molecule is NC1=NS(=O)(=O)Nc2cccc(OCC3CCCN(C(=O)c4ccnc(-c5ccccc5O)c4)C3)c21. The minimum absolute atomic E-state index is 0.0801. The molecule has 10 nitrogen and oxygen atoms in total. The number of phenols is 1. The summed E-state index contributed by atoms with van der Waals surface area (Å²) in [5, 5.41) is 10.1. The molecular formula is C25H25N5O5S. The first-order valence-corrected chi connectivity index (χ1v) is 12.9. The lowest BCUT2D eigenvalue weighted by molar-refractivity contribution is 0.0633. The van der Waals surface area contributed by atoms with Crippen LogP contribution in [0.2, 0.25) is 0 Å². The Kier molecular flexibility index (Phi) is 6.23. The van der Waals surface area contributed by atoms with Crippen LogP contribution in [0.1, 0.15) is 28.8 Å². The molecule has 0 aliphatic carbocycles. The highest BCUT2D eigenvalue weighted by atomic mass is 32.2. The monoisotopic (exact) mass is 507 g/mol. The van der Waals surface area contributed by atoms with Crippen molar-refractivity contribution in [1.82, 2.24) is 9.88 Å². The lowest BCUT2D eigenvalue weighted by Crippen LogP contribution is -2.41.